The maximum absolute atomic E-state index is 13.8. The monoisotopic (exact) mass is 277 g/mol. The van der Waals surface area contributed by atoms with Gasteiger partial charge in [0.1, 0.15) is 5.82 Å². The Balaban J connectivity index is 2.26. The van der Waals surface area contributed by atoms with Crippen LogP contribution >= 0.6 is 11.3 Å². The number of hydrogen-bond donors (Lipinski definition) is 1. The number of benzene rings is 1. The van der Waals surface area contributed by atoms with Gasteiger partial charge in [0.05, 0.1) is 0 Å². The summed E-state index contributed by atoms with van der Waals surface area (Å²) in [6.45, 7) is 7.22. The van der Waals surface area contributed by atoms with Gasteiger partial charge in [-0.05, 0) is 50.1 Å². The summed E-state index contributed by atoms with van der Waals surface area (Å²) in [6.07, 6.45) is 0.692. The number of nitrogens with one attached hydrogen (secondary N) is 1. The zero-order chi connectivity index (χ0) is 13.8. The zero-order valence-electron chi connectivity index (χ0n) is 11.7. The molecule has 0 saturated heterocycles. The van der Waals surface area contributed by atoms with Crippen molar-refractivity contribution in [2.24, 2.45) is 0 Å². The van der Waals surface area contributed by atoms with Gasteiger partial charge in [-0.15, -0.1) is 11.3 Å². The molecule has 1 atom stereocenters. The van der Waals surface area contributed by atoms with Gasteiger partial charge in [-0.25, -0.2) is 4.39 Å². The normalized spacial score (nSPS) is 12.6. The van der Waals surface area contributed by atoms with Crippen molar-refractivity contribution in [2.75, 3.05) is 6.54 Å². The highest BCUT2D eigenvalue weighted by molar-refractivity contribution is 7.12. The third kappa shape index (κ3) is 3.43. The third-order valence-electron chi connectivity index (χ3n) is 3.29. The first kappa shape index (κ1) is 14.2. The molecule has 1 aromatic heterocycles. The summed E-state index contributed by atoms with van der Waals surface area (Å²) < 4.78 is 13.8. The van der Waals surface area contributed by atoms with Gasteiger partial charge in [0.25, 0.3) is 0 Å². The van der Waals surface area contributed by atoms with Crippen LogP contribution in [0.15, 0.2) is 30.3 Å². The summed E-state index contributed by atoms with van der Waals surface area (Å²) in [5.41, 5.74) is 2.07. The van der Waals surface area contributed by atoms with Gasteiger partial charge in [0, 0.05) is 15.8 Å². The van der Waals surface area contributed by atoms with Crippen LogP contribution in [0, 0.1) is 19.7 Å². The Kier molecular flexibility index (Phi) is 4.72. The lowest BCUT2D eigenvalue weighted by atomic mass is 9.99. The van der Waals surface area contributed by atoms with Crippen LogP contribution in [0.1, 0.15) is 33.8 Å². The fourth-order valence-electron chi connectivity index (χ4n) is 2.42. The highest BCUT2D eigenvalue weighted by Crippen LogP contribution is 2.29. The van der Waals surface area contributed by atoms with Gasteiger partial charge in [-0.2, -0.15) is 0 Å². The first-order chi connectivity index (χ1) is 9.11. The first-order valence-corrected chi connectivity index (χ1v) is 7.47. The van der Waals surface area contributed by atoms with Crippen molar-refractivity contribution in [3.8, 4) is 0 Å². The Labute approximate surface area is 118 Å². The Morgan fingerprint density at radius 2 is 2.00 bits per heavy atom. The molecule has 102 valence electrons. The second kappa shape index (κ2) is 6.31. The minimum Gasteiger partial charge on any atom is -0.310 e. The molecule has 1 aromatic carbocycles. The minimum absolute atomic E-state index is 0.116. The quantitative estimate of drug-likeness (QED) is 0.854. The van der Waals surface area contributed by atoms with Crippen molar-refractivity contribution in [1.82, 2.24) is 5.32 Å². The topological polar surface area (TPSA) is 12.0 Å². The highest BCUT2D eigenvalue weighted by Gasteiger charge is 2.17. The predicted octanol–water partition coefficient (Wildman–Crippen LogP) is 4.40. The summed E-state index contributed by atoms with van der Waals surface area (Å²) in [6, 6.07) is 9.44. The van der Waals surface area contributed by atoms with Crippen molar-refractivity contribution < 1.29 is 4.39 Å². The molecule has 0 saturated carbocycles. The summed E-state index contributed by atoms with van der Waals surface area (Å²) >= 11 is 1.80. The van der Waals surface area contributed by atoms with E-state index >= 15 is 0 Å². The fourth-order valence-corrected chi connectivity index (χ4v) is 3.41. The Hall–Kier alpha value is -1.19. The van der Waals surface area contributed by atoms with Crippen molar-refractivity contribution in [3.05, 3.63) is 57.0 Å². The molecular formula is C16H20FNS. The van der Waals surface area contributed by atoms with E-state index in [-0.39, 0.29) is 11.9 Å². The molecule has 0 amide bonds. The van der Waals surface area contributed by atoms with Crippen molar-refractivity contribution in [3.63, 3.8) is 0 Å². The molecule has 0 aliphatic rings. The molecular weight excluding hydrogens is 257 g/mol. The van der Waals surface area contributed by atoms with Crippen LogP contribution in [0.2, 0.25) is 0 Å². The molecule has 19 heavy (non-hydrogen) atoms. The van der Waals surface area contributed by atoms with E-state index in [2.05, 4.69) is 32.2 Å². The Morgan fingerprint density at radius 3 is 2.58 bits per heavy atom. The lowest BCUT2D eigenvalue weighted by Gasteiger charge is -2.18. The van der Waals surface area contributed by atoms with Gasteiger partial charge in [0.15, 0.2) is 0 Å². The lowest BCUT2D eigenvalue weighted by molar-refractivity contribution is 0.527. The van der Waals surface area contributed by atoms with Crippen LogP contribution in [-0.4, -0.2) is 6.54 Å². The number of likely N-dealkylation sites (N-methyl/N-ethyl adjacent to an activating group) is 1. The molecule has 0 radical (unpaired) electrons. The van der Waals surface area contributed by atoms with E-state index in [0.717, 1.165) is 12.1 Å². The van der Waals surface area contributed by atoms with Gasteiger partial charge in [0.2, 0.25) is 0 Å². The standard InChI is InChI=1S/C16H20FNS/c1-4-18-16(14-9-11(2)19-12(14)3)10-13-7-5-6-8-15(13)17/h5-9,16,18H,4,10H2,1-3H3. The second-order valence-electron chi connectivity index (χ2n) is 4.77. The second-order valence-corrected chi connectivity index (χ2v) is 6.23. The molecule has 3 heteroatoms. The lowest BCUT2D eigenvalue weighted by Crippen LogP contribution is -2.23. The average Bonchev–Trinajstić information content (AvgIpc) is 2.70. The molecule has 1 heterocycles. The van der Waals surface area contributed by atoms with E-state index in [1.807, 2.05) is 12.1 Å². The third-order valence-corrected chi connectivity index (χ3v) is 4.27. The number of hydrogen-bond acceptors (Lipinski definition) is 2. The molecule has 0 fully saturated rings. The van der Waals surface area contributed by atoms with Crippen molar-refractivity contribution in [2.45, 2.75) is 33.2 Å². The largest absolute Gasteiger partial charge is 0.310 e. The summed E-state index contributed by atoms with van der Waals surface area (Å²) in [7, 11) is 0. The zero-order valence-corrected chi connectivity index (χ0v) is 12.5. The molecule has 1 nitrogen and oxygen atoms in total. The van der Waals surface area contributed by atoms with E-state index in [0.29, 0.717) is 6.42 Å². The maximum atomic E-state index is 13.8. The Morgan fingerprint density at radius 1 is 1.26 bits per heavy atom. The van der Waals surface area contributed by atoms with Crippen molar-refractivity contribution >= 4 is 11.3 Å². The maximum Gasteiger partial charge on any atom is 0.126 e. The molecule has 1 unspecified atom stereocenters. The number of aryl methyl sites for hydroxylation is 2. The van der Waals surface area contributed by atoms with E-state index in [4.69, 9.17) is 0 Å². The van der Waals surface area contributed by atoms with E-state index in [1.54, 1.807) is 17.4 Å². The van der Waals surface area contributed by atoms with Crippen LogP contribution in [0.3, 0.4) is 0 Å². The van der Waals surface area contributed by atoms with Crippen molar-refractivity contribution in [1.29, 1.82) is 0 Å². The molecule has 0 spiro atoms. The van der Waals surface area contributed by atoms with Gasteiger partial charge < -0.3 is 5.32 Å². The van der Waals surface area contributed by atoms with Gasteiger partial charge >= 0.3 is 0 Å². The summed E-state index contributed by atoms with van der Waals surface area (Å²) in [5, 5.41) is 3.47. The molecule has 1 N–H and O–H groups in total. The summed E-state index contributed by atoms with van der Waals surface area (Å²) in [5.74, 6) is -0.116. The first-order valence-electron chi connectivity index (χ1n) is 6.65. The molecule has 0 aliphatic carbocycles. The fraction of sp³-hybridized carbons (Fsp3) is 0.375. The predicted molar refractivity (Wildman–Crippen MR) is 80.3 cm³/mol. The SMILES string of the molecule is CCNC(Cc1ccccc1F)c1cc(C)sc1C. The van der Waals surface area contributed by atoms with Crippen LogP contribution < -0.4 is 5.32 Å². The van der Waals surface area contributed by atoms with E-state index < -0.39 is 0 Å². The van der Waals surface area contributed by atoms with Crippen LogP contribution in [-0.2, 0) is 6.42 Å². The van der Waals surface area contributed by atoms with Crippen LogP contribution in [0.5, 0.6) is 0 Å². The van der Waals surface area contributed by atoms with Crippen LogP contribution in [0.25, 0.3) is 0 Å². The molecule has 2 rings (SSSR count). The molecule has 0 bridgehead atoms. The molecule has 2 aromatic rings. The highest BCUT2D eigenvalue weighted by atomic mass is 32.1. The van der Waals surface area contributed by atoms with Gasteiger partial charge in [-0.3, -0.25) is 0 Å². The van der Waals surface area contributed by atoms with Gasteiger partial charge in [-0.1, -0.05) is 25.1 Å². The number of halogens is 1. The van der Waals surface area contributed by atoms with Crippen LogP contribution in [0.4, 0.5) is 4.39 Å². The number of rotatable bonds is 5. The Bertz CT molecular complexity index is 547. The average molecular weight is 277 g/mol. The van der Waals surface area contributed by atoms with E-state index in [1.165, 1.54) is 21.4 Å². The van der Waals surface area contributed by atoms with E-state index in [9.17, 15) is 4.39 Å². The summed E-state index contributed by atoms with van der Waals surface area (Å²) in [4.78, 5) is 2.63. The number of thiophene rings is 1. The molecule has 0 aliphatic heterocycles. The smallest absolute Gasteiger partial charge is 0.126 e. The minimum atomic E-state index is -0.116.